The van der Waals surface area contributed by atoms with Gasteiger partial charge in [0.2, 0.25) is 0 Å². The summed E-state index contributed by atoms with van der Waals surface area (Å²) in [6.07, 6.45) is 0. The van der Waals surface area contributed by atoms with Crippen molar-refractivity contribution in [1.82, 2.24) is 4.98 Å². The second kappa shape index (κ2) is 7.52. The molecule has 26 heavy (non-hydrogen) atoms. The second-order valence-corrected chi connectivity index (χ2v) is 5.74. The van der Waals surface area contributed by atoms with E-state index in [-0.39, 0.29) is 18.8 Å². The van der Waals surface area contributed by atoms with Gasteiger partial charge in [0.25, 0.3) is 5.56 Å². The van der Waals surface area contributed by atoms with Crippen molar-refractivity contribution in [1.29, 1.82) is 0 Å². The predicted octanol–water partition coefficient (Wildman–Crippen LogP) is 3.95. The lowest BCUT2D eigenvalue weighted by Gasteiger charge is -2.11. The molecule has 0 spiro atoms. The second-order valence-electron chi connectivity index (χ2n) is 5.74. The number of nitrogens with one attached hydrogen (secondary N) is 1. The number of aromatic amines is 1. The summed E-state index contributed by atoms with van der Waals surface area (Å²) in [5.74, 6) is -0.385. The van der Waals surface area contributed by atoms with Crippen LogP contribution in [0.3, 0.4) is 0 Å². The van der Waals surface area contributed by atoms with Crippen LogP contribution in [0.2, 0.25) is 0 Å². The van der Waals surface area contributed by atoms with Crippen LogP contribution in [0, 0.1) is 9.81 Å². The van der Waals surface area contributed by atoms with E-state index in [4.69, 9.17) is 0 Å². The Balaban J connectivity index is 2.09. The third-order valence-electron chi connectivity index (χ3n) is 4.02. The Hall–Kier alpha value is -3.61. The molecule has 0 aliphatic rings. The van der Waals surface area contributed by atoms with Crippen LogP contribution < -0.4 is 5.56 Å². The maximum atomic E-state index is 11.9. The van der Waals surface area contributed by atoms with Crippen molar-refractivity contribution >= 4 is 0 Å². The molecule has 7 nitrogen and oxygen atoms in total. The number of rotatable bonds is 6. The normalized spacial score (nSPS) is 10.5. The first kappa shape index (κ1) is 17.2. The number of H-pyrrole nitrogens is 1. The molecule has 0 aliphatic carbocycles. The van der Waals surface area contributed by atoms with Crippen LogP contribution in [0.15, 0.2) is 69.7 Å². The van der Waals surface area contributed by atoms with Gasteiger partial charge in [-0.2, -0.15) is 9.81 Å². The topological polar surface area (TPSA) is 112 Å². The molecule has 0 aliphatic heterocycles. The van der Waals surface area contributed by atoms with E-state index < -0.39 is 5.56 Å². The Morgan fingerprint density at radius 2 is 1.31 bits per heavy atom. The highest BCUT2D eigenvalue weighted by molar-refractivity contribution is 5.81. The zero-order valence-corrected chi connectivity index (χ0v) is 13.7. The molecule has 0 bridgehead atoms. The summed E-state index contributed by atoms with van der Waals surface area (Å²) < 4.78 is 0. The lowest BCUT2D eigenvalue weighted by atomic mass is 9.97. The summed E-state index contributed by atoms with van der Waals surface area (Å²) in [6, 6.07) is 15.6. The smallest absolute Gasteiger partial charge is 0.290 e. The maximum Gasteiger partial charge on any atom is 0.290 e. The minimum Gasteiger partial charge on any atom is -0.503 e. The highest BCUT2D eigenvalue weighted by Crippen LogP contribution is 2.31. The van der Waals surface area contributed by atoms with Crippen molar-refractivity contribution < 1.29 is 5.11 Å². The van der Waals surface area contributed by atoms with Crippen LogP contribution in [0.1, 0.15) is 11.1 Å². The number of nitrogens with zero attached hydrogens (tertiary/aromatic N) is 2. The molecule has 0 saturated heterocycles. The van der Waals surface area contributed by atoms with E-state index in [1.807, 2.05) is 0 Å². The molecule has 3 rings (SSSR count). The van der Waals surface area contributed by atoms with Crippen LogP contribution in [-0.4, -0.2) is 10.1 Å². The lowest BCUT2D eigenvalue weighted by Crippen LogP contribution is -2.07. The first-order chi connectivity index (χ1) is 12.6. The molecule has 0 saturated carbocycles. The number of pyridine rings is 1. The Bertz CT molecular complexity index is 993. The summed E-state index contributed by atoms with van der Waals surface area (Å²) >= 11 is 0. The molecule has 7 heteroatoms. The minimum absolute atomic E-state index is 0.0749. The number of benzene rings is 2. The Labute approximate surface area is 148 Å². The minimum atomic E-state index is -0.593. The van der Waals surface area contributed by atoms with E-state index in [0.717, 1.165) is 22.3 Å². The zero-order chi connectivity index (χ0) is 18.5. The maximum absolute atomic E-state index is 11.9. The third kappa shape index (κ3) is 3.56. The van der Waals surface area contributed by atoms with Gasteiger partial charge in [-0.25, -0.2) is 0 Å². The quantitative estimate of drug-likeness (QED) is 0.656. The first-order valence-electron chi connectivity index (χ1n) is 7.85. The van der Waals surface area contributed by atoms with Crippen molar-refractivity contribution in [3.63, 3.8) is 0 Å². The molecule has 3 aromatic rings. The summed E-state index contributed by atoms with van der Waals surface area (Å²) in [5, 5.41) is 15.5. The van der Waals surface area contributed by atoms with Crippen molar-refractivity contribution in [2.45, 2.75) is 13.1 Å². The van der Waals surface area contributed by atoms with Gasteiger partial charge in [-0.1, -0.05) is 58.9 Å². The fourth-order valence-electron chi connectivity index (χ4n) is 2.69. The van der Waals surface area contributed by atoms with Crippen LogP contribution in [-0.2, 0) is 13.1 Å². The molecule has 2 N–H and O–H groups in total. The van der Waals surface area contributed by atoms with Crippen LogP contribution >= 0.6 is 0 Å². The van der Waals surface area contributed by atoms with Crippen LogP contribution in [0.5, 0.6) is 5.75 Å². The van der Waals surface area contributed by atoms with Gasteiger partial charge in [-0.15, -0.1) is 0 Å². The Kier molecular flexibility index (Phi) is 4.98. The molecular formula is C19H15N3O4. The molecule has 0 atom stereocenters. The standard InChI is InChI=1S/C19H15N3O4/c23-17-9-16(14-5-1-12(2-6-14)10-20-25)18(22-19(17)24)15-7-3-13(4-8-15)11-21-26/h1-9,23H,10-11H2,(H,22,24). The van der Waals surface area contributed by atoms with Gasteiger partial charge in [0.05, 0.1) is 5.69 Å². The SMILES string of the molecule is O=NCc1ccc(-c2cc(O)c(=O)[nH]c2-c2ccc(CN=O)cc2)cc1. The molecule has 1 heterocycles. The molecule has 1 aromatic heterocycles. The molecule has 0 fully saturated rings. The van der Waals surface area contributed by atoms with Gasteiger partial charge in [0.1, 0.15) is 13.1 Å². The monoisotopic (exact) mass is 349 g/mol. The van der Waals surface area contributed by atoms with Crippen molar-refractivity contribution in [2.24, 2.45) is 10.4 Å². The number of hydrogen-bond donors (Lipinski definition) is 2. The highest BCUT2D eigenvalue weighted by atomic mass is 16.3. The fourth-order valence-corrected chi connectivity index (χ4v) is 2.69. The average Bonchev–Trinajstić information content (AvgIpc) is 2.66. The van der Waals surface area contributed by atoms with E-state index in [0.29, 0.717) is 11.3 Å². The zero-order valence-electron chi connectivity index (χ0n) is 13.7. The number of nitroso groups, excluding NO2 is 2. The van der Waals surface area contributed by atoms with Gasteiger partial charge < -0.3 is 10.1 Å². The van der Waals surface area contributed by atoms with Crippen LogP contribution in [0.4, 0.5) is 0 Å². The molecular weight excluding hydrogens is 334 g/mol. The average molecular weight is 349 g/mol. The van der Waals surface area contributed by atoms with Gasteiger partial charge in [-0.3, -0.25) is 4.79 Å². The first-order valence-corrected chi connectivity index (χ1v) is 7.85. The van der Waals surface area contributed by atoms with Crippen LogP contribution in [0.25, 0.3) is 22.4 Å². The van der Waals surface area contributed by atoms with E-state index in [9.17, 15) is 19.7 Å². The van der Waals surface area contributed by atoms with E-state index >= 15 is 0 Å². The van der Waals surface area contributed by atoms with Gasteiger partial charge in [-0.05, 0) is 28.3 Å². The number of aromatic nitrogens is 1. The molecule has 2 aromatic carbocycles. The van der Waals surface area contributed by atoms with E-state index in [1.165, 1.54) is 6.07 Å². The summed E-state index contributed by atoms with van der Waals surface area (Å²) in [5.41, 5.74) is 3.60. The summed E-state index contributed by atoms with van der Waals surface area (Å²) in [4.78, 5) is 35.3. The van der Waals surface area contributed by atoms with Crippen molar-refractivity contribution in [2.75, 3.05) is 0 Å². The van der Waals surface area contributed by atoms with E-state index in [1.54, 1.807) is 48.5 Å². The van der Waals surface area contributed by atoms with Gasteiger partial charge >= 0.3 is 0 Å². The van der Waals surface area contributed by atoms with Crippen molar-refractivity contribution in [3.8, 4) is 28.1 Å². The summed E-state index contributed by atoms with van der Waals surface area (Å²) in [7, 11) is 0. The number of hydrogen-bond acceptors (Lipinski definition) is 6. The summed E-state index contributed by atoms with van der Waals surface area (Å²) in [6.45, 7) is 0.154. The predicted molar refractivity (Wildman–Crippen MR) is 98.6 cm³/mol. The molecule has 0 unspecified atom stereocenters. The Morgan fingerprint density at radius 3 is 1.81 bits per heavy atom. The van der Waals surface area contributed by atoms with Crippen molar-refractivity contribution in [3.05, 3.63) is 85.9 Å². The number of aromatic hydroxyl groups is 1. The molecule has 0 radical (unpaired) electrons. The molecule has 0 amide bonds. The molecule has 130 valence electrons. The van der Waals surface area contributed by atoms with Gasteiger partial charge in [0, 0.05) is 5.56 Å². The van der Waals surface area contributed by atoms with E-state index in [2.05, 4.69) is 15.3 Å². The largest absolute Gasteiger partial charge is 0.503 e. The fraction of sp³-hybridized carbons (Fsp3) is 0.105. The highest BCUT2D eigenvalue weighted by Gasteiger charge is 2.12. The third-order valence-corrected chi connectivity index (χ3v) is 4.02. The lowest BCUT2D eigenvalue weighted by molar-refractivity contribution is 0.467. The Morgan fingerprint density at radius 1 is 0.808 bits per heavy atom. The van der Waals surface area contributed by atoms with Gasteiger partial charge in [0.15, 0.2) is 5.75 Å².